The lowest BCUT2D eigenvalue weighted by Gasteiger charge is -2.17. The monoisotopic (exact) mass is 213 g/mol. The lowest BCUT2D eigenvalue weighted by atomic mass is 10.2. The van der Waals surface area contributed by atoms with E-state index in [0.717, 1.165) is 5.56 Å². The minimum Gasteiger partial charge on any atom is -0.397 e. The molecule has 1 aliphatic heterocycles. The molecule has 5 heteroatoms. The Balaban J connectivity index is 2.21. The van der Waals surface area contributed by atoms with Gasteiger partial charge in [0.25, 0.3) is 5.92 Å². The normalized spacial score (nSPS) is 19.5. The van der Waals surface area contributed by atoms with Gasteiger partial charge in [-0.15, -0.1) is 0 Å². The average molecular weight is 213 g/mol. The van der Waals surface area contributed by atoms with Crippen LogP contribution in [-0.4, -0.2) is 24.0 Å². The highest BCUT2D eigenvalue weighted by Crippen LogP contribution is 2.30. The van der Waals surface area contributed by atoms with Crippen LogP contribution in [0.4, 0.5) is 20.3 Å². The summed E-state index contributed by atoms with van der Waals surface area (Å²) in [6.45, 7) is 1.95. The van der Waals surface area contributed by atoms with Crippen LogP contribution in [0.2, 0.25) is 0 Å². The number of anilines is 2. The molecular formula is C10H13F2N3. The molecule has 0 aromatic carbocycles. The minimum absolute atomic E-state index is 0.0991. The second-order valence-electron chi connectivity index (χ2n) is 3.93. The Hall–Kier alpha value is -1.39. The summed E-state index contributed by atoms with van der Waals surface area (Å²) in [5.74, 6) is -2.00. The second kappa shape index (κ2) is 3.32. The predicted molar refractivity (Wildman–Crippen MR) is 55.2 cm³/mol. The molecule has 2 rings (SSSR count). The molecule has 1 aliphatic rings. The zero-order chi connectivity index (χ0) is 11.1. The summed E-state index contributed by atoms with van der Waals surface area (Å²) < 4.78 is 25.9. The second-order valence-corrected chi connectivity index (χ2v) is 3.93. The largest absolute Gasteiger partial charge is 0.397 e. The summed E-state index contributed by atoms with van der Waals surface area (Å²) in [6.07, 6.45) is 1.42. The first kappa shape index (κ1) is 10.1. The van der Waals surface area contributed by atoms with Gasteiger partial charge in [0.1, 0.15) is 5.82 Å². The van der Waals surface area contributed by atoms with Crippen molar-refractivity contribution >= 4 is 11.5 Å². The topological polar surface area (TPSA) is 42.2 Å². The molecule has 3 nitrogen and oxygen atoms in total. The number of nitrogens with zero attached hydrogens (tertiary/aromatic N) is 2. The van der Waals surface area contributed by atoms with Gasteiger partial charge in [0, 0.05) is 13.0 Å². The van der Waals surface area contributed by atoms with Crippen LogP contribution in [0, 0.1) is 6.92 Å². The summed E-state index contributed by atoms with van der Waals surface area (Å²) >= 11 is 0. The van der Waals surface area contributed by atoms with Crippen molar-refractivity contribution < 1.29 is 8.78 Å². The maximum atomic E-state index is 13.0. The third kappa shape index (κ3) is 2.00. The smallest absolute Gasteiger partial charge is 0.266 e. The molecule has 2 N–H and O–H groups in total. The average Bonchev–Trinajstić information content (AvgIpc) is 2.51. The molecule has 1 saturated heterocycles. The Morgan fingerprint density at radius 3 is 2.80 bits per heavy atom. The molecule has 1 fully saturated rings. The Bertz CT molecular complexity index is 379. The molecule has 0 aliphatic carbocycles. The van der Waals surface area contributed by atoms with Crippen LogP contribution in [0.25, 0.3) is 0 Å². The van der Waals surface area contributed by atoms with Crippen LogP contribution >= 0.6 is 0 Å². The number of hydrogen-bond donors (Lipinski definition) is 1. The molecule has 82 valence electrons. The van der Waals surface area contributed by atoms with Crippen molar-refractivity contribution in [3.05, 3.63) is 17.8 Å². The van der Waals surface area contributed by atoms with Crippen LogP contribution in [0.15, 0.2) is 12.3 Å². The van der Waals surface area contributed by atoms with Gasteiger partial charge in [-0.3, -0.25) is 0 Å². The standard InChI is InChI=1S/C10H13F2N3/c1-7-4-9(14-5-8(7)13)15-3-2-10(11,12)6-15/h4-5H,2-3,6,13H2,1H3. The van der Waals surface area contributed by atoms with Gasteiger partial charge in [-0.2, -0.15) is 0 Å². The Morgan fingerprint density at radius 2 is 2.27 bits per heavy atom. The molecule has 0 atom stereocenters. The van der Waals surface area contributed by atoms with E-state index in [9.17, 15) is 8.78 Å². The fourth-order valence-corrected chi connectivity index (χ4v) is 1.66. The van der Waals surface area contributed by atoms with Crippen molar-refractivity contribution in [2.45, 2.75) is 19.3 Å². The van der Waals surface area contributed by atoms with Gasteiger partial charge in [-0.05, 0) is 18.6 Å². The molecular weight excluding hydrogens is 200 g/mol. The van der Waals surface area contributed by atoms with Crippen molar-refractivity contribution in [1.29, 1.82) is 0 Å². The van der Waals surface area contributed by atoms with E-state index in [-0.39, 0.29) is 13.0 Å². The summed E-state index contributed by atoms with van der Waals surface area (Å²) in [5.41, 5.74) is 7.07. The van der Waals surface area contributed by atoms with Crippen LogP contribution in [0.3, 0.4) is 0 Å². The first-order valence-electron chi connectivity index (χ1n) is 4.83. The van der Waals surface area contributed by atoms with Crippen molar-refractivity contribution in [3.8, 4) is 0 Å². The van der Waals surface area contributed by atoms with E-state index < -0.39 is 5.92 Å². The summed E-state index contributed by atoms with van der Waals surface area (Å²) in [7, 11) is 0. The lowest BCUT2D eigenvalue weighted by Crippen LogP contribution is -2.25. The molecule has 0 saturated carbocycles. The fourth-order valence-electron chi connectivity index (χ4n) is 1.66. The fraction of sp³-hybridized carbons (Fsp3) is 0.500. The van der Waals surface area contributed by atoms with Crippen molar-refractivity contribution in [3.63, 3.8) is 0 Å². The third-order valence-corrected chi connectivity index (χ3v) is 2.63. The number of rotatable bonds is 1. The van der Waals surface area contributed by atoms with Gasteiger partial charge in [-0.1, -0.05) is 0 Å². The zero-order valence-electron chi connectivity index (χ0n) is 8.50. The highest BCUT2D eigenvalue weighted by atomic mass is 19.3. The number of aryl methyl sites for hydroxylation is 1. The third-order valence-electron chi connectivity index (χ3n) is 2.63. The van der Waals surface area contributed by atoms with Gasteiger partial charge in [0.2, 0.25) is 0 Å². The Labute approximate surface area is 86.9 Å². The van der Waals surface area contributed by atoms with E-state index in [2.05, 4.69) is 4.98 Å². The van der Waals surface area contributed by atoms with Crippen molar-refractivity contribution in [2.75, 3.05) is 23.7 Å². The number of pyridine rings is 1. The molecule has 15 heavy (non-hydrogen) atoms. The molecule has 0 bridgehead atoms. The van der Waals surface area contributed by atoms with Crippen LogP contribution in [-0.2, 0) is 0 Å². The van der Waals surface area contributed by atoms with Gasteiger partial charge in [0.05, 0.1) is 18.4 Å². The molecule has 2 heterocycles. The quantitative estimate of drug-likeness (QED) is 0.773. The molecule has 0 radical (unpaired) electrons. The van der Waals surface area contributed by atoms with E-state index in [4.69, 9.17) is 5.73 Å². The summed E-state index contributed by atoms with van der Waals surface area (Å²) in [5, 5.41) is 0. The van der Waals surface area contributed by atoms with Crippen LogP contribution in [0.1, 0.15) is 12.0 Å². The maximum absolute atomic E-state index is 13.0. The predicted octanol–water partition coefficient (Wildman–Crippen LogP) is 1.82. The number of nitrogens with two attached hydrogens (primary N) is 1. The van der Waals surface area contributed by atoms with Crippen LogP contribution < -0.4 is 10.6 Å². The number of nitrogen functional groups attached to an aromatic ring is 1. The highest BCUT2D eigenvalue weighted by Gasteiger charge is 2.38. The summed E-state index contributed by atoms with van der Waals surface area (Å²) in [6, 6.07) is 1.75. The first-order chi connectivity index (χ1) is 6.98. The Morgan fingerprint density at radius 1 is 1.53 bits per heavy atom. The minimum atomic E-state index is -2.59. The first-order valence-corrected chi connectivity index (χ1v) is 4.83. The number of halogens is 2. The SMILES string of the molecule is Cc1cc(N2CCC(F)(F)C2)ncc1N. The van der Waals surface area contributed by atoms with E-state index >= 15 is 0 Å². The van der Waals surface area contributed by atoms with Gasteiger partial charge in [0.15, 0.2) is 0 Å². The Kier molecular flexibility index (Phi) is 2.25. The van der Waals surface area contributed by atoms with E-state index in [0.29, 0.717) is 18.1 Å². The number of alkyl halides is 2. The van der Waals surface area contributed by atoms with Gasteiger partial charge < -0.3 is 10.6 Å². The van der Waals surface area contributed by atoms with Crippen molar-refractivity contribution in [2.24, 2.45) is 0 Å². The lowest BCUT2D eigenvalue weighted by molar-refractivity contribution is 0.0256. The molecule has 0 spiro atoms. The van der Waals surface area contributed by atoms with Gasteiger partial charge in [-0.25, -0.2) is 13.8 Å². The highest BCUT2D eigenvalue weighted by molar-refractivity contribution is 5.52. The van der Waals surface area contributed by atoms with E-state index in [1.54, 1.807) is 11.0 Å². The summed E-state index contributed by atoms with van der Waals surface area (Å²) in [4.78, 5) is 5.64. The molecule has 0 unspecified atom stereocenters. The zero-order valence-corrected chi connectivity index (χ0v) is 8.50. The van der Waals surface area contributed by atoms with E-state index in [1.165, 1.54) is 6.20 Å². The number of hydrogen-bond acceptors (Lipinski definition) is 3. The van der Waals surface area contributed by atoms with E-state index in [1.807, 2.05) is 6.92 Å². The van der Waals surface area contributed by atoms with Crippen LogP contribution in [0.5, 0.6) is 0 Å². The van der Waals surface area contributed by atoms with Crippen molar-refractivity contribution in [1.82, 2.24) is 4.98 Å². The maximum Gasteiger partial charge on any atom is 0.266 e. The number of aromatic nitrogens is 1. The molecule has 1 aromatic heterocycles. The molecule has 1 aromatic rings. The van der Waals surface area contributed by atoms with Gasteiger partial charge >= 0.3 is 0 Å². The molecule has 0 amide bonds.